The van der Waals surface area contributed by atoms with Crippen LogP contribution in [0.4, 0.5) is 0 Å². The summed E-state index contributed by atoms with van der Waals surface area (Å²) in [6.07, 6.45) is 2.45. The summed E-state index contributed by atoms with van der Waals surface area (Å²) in [6, 6.07) is 5.94. The Hall–Kier alpha value is -1.75. The number of carbonyl (C=O) groups excluding carboxylic acids is 1. The van der Waals surface area contributed by atoms with Gasteiger partial charge >= 0.3 is 0 Å². The van der Waals surface area contributed by atoms with Gasteiger partial charge in [0.25, 0.3) is 5.91 Å². The van der Waals surface area contributed by atoms with Gasteiger partial charge in [-0.15, -0.1) is 11.8 Å². The Bertz CT molecular complexity index is 506. The topological polar surface area (TPSA) is 81.5 Å². The summed E-state index contributed by atoms with van der Waals surface area (Å²) in [5.41, 5.74) is 12.6. The second kappa shape index (κ2) is 4.63. The van der Waals surface area contributed by atoms with Crippen molar-refractivity contribution in [2.24, 2.45) is 16.5 Å². The highest BCUT2D eigenvalue weighted by molar-refractivity contribution is 8.01. The zero-order valence-corrected chi connectivity index (χ0v) is 10.0. The fraction of sp³-hybridized carbons (Fsp3) is 0.167. The van der Waals surface area contributed by atoms with E-state index in [0.717, 1.165) is 16.0 Å². The van der Waals surface area contributed by atoms with Crippen molar-refractivity contribution in [3.05, 3.63) is 35.9 Å². The molecule has 1 heterocycles. The maximum atomic E-state index is 11.7. The lowest BCUT2D eigenvalue weighted by Gasteiger charge is -2.02. The van der Waals surface area contributed by atoms with Gasteiger partial charge in [0.1, 0.15) is 0 Å². The van der Waals surface area contributed by atoms with Crippen molar-refractivity contribution in [3.8, 4) is 0 Å². The van der Waals surface area contributed by atoms with Crippen LogP contribution in [0.3, 0.4) is 0 Å². The second-order valence-electron chi connectivity index (χ2n) is 3.71. The standard InChI is InChI=1S/C12H13N3OS/c1-2-7-4-3-5-9-8(7)6-10(17-9)11(16)15-12(13)14/h2-5,10H,1,6H2,(H4,13,14,15,16). The third kappa shape index (κ3) is 2.34. The summed E-state index contributed by atoms with van der Waals surface area (Å²) in [5, 5.41) is -0.229. The SMILES string of the molecule is C=Cc1cccc2c1CC(C(=O)N=C(N)N)S2. The van der Waals surface area contributed by atoms with Crippen LogP contribution in [0, 0.1) is 0 Å². The van der Waals surface area contributed by atoms with Crippen molar-refractivity contribution in [3.63, 3.8) is 0 Å². The lowest BCUT2D eigenvalue weighted by atomic mass is 10.0. The number of nitrogens with two attached hydrogens (primary N) is 2. The van der Waals surface area contributed by atoms with Crippen LogP contribution >= 0.6 is 11.8 Å². The average Bonchev–Trinajstić information content (AvgIpc) is 2.71. The van der Waals surface area contributed by atoms with E-state index in [9.17, 15) is 4.79 Å². The van der Waals surface area contributed by atoms with E-state index in [-0.39, 0.29) is 17.1 Å². The van der Waals surface area contributed by atoms with Gasteiger partial charge in [0.15, 0.2) is 5.96 Å². The van der Waals surface area contributed by atoms with E-state index in [1.165, 1.54) is 11.8 Å². The number of fused-ring (bicyclic) bond motifs is 1. The van der Waals surface area contributed by atoms with E-state index in [1.807, 2.05) is 18.2 Å². The molecule has 1 aliphatic heterocycles. The van der Waals surface area contributed by atoms with Crippen LogP contribution in [-0.2, 0) is 11.2 Å². The van der Waals surface area contributed by atoms with Gasteiger partial charge in [-0.2, -0.15) is 4.99 Å². The highest BCUT2D eigenvalue weighted by Crippen LogP contribution is 2.39. The molecule has 0 aliphatic carbocycles. The Balaban J connectivity index is 2.25. The van der Waals surface area contributed by atoms with E-state index in [0.29, 0.717) is 6.42 Å². The van der Waals surface area contributed by atoms with Crippen LogP contribution in [0.15, 0.2) is 34.7 Å². The summed E-state index contributed by atoms with van der Waals surface area (Å²) in [4.78, 5) is 16.4. The number of guanidine groups is 1. The van der Waals surface area contributed by atoms with Crippen molar-refractivity contribution in [2.75, 3.05) is 0 Å². The zero-order valence-electron chi connectivity index (χ0n) is 9.22. The van der Waals surface area contributed by atoms with Crippen LogP contribution in [0.1, 0.15) is 11.1 Å². The molecule has 0 fully saturated rings. The molecule has 17 heavy (non-hydrogen) atoms. The van der Waals surface area contributed by atoms with Crippen molar-refractivity contribution in [1.29, 1.82) is 0 Å². The number of aliphatic imine (C=N–C) groups is 1. The third-order valence-corrected chi connectivity index (χ3v) is 3.85. The van der Waals surface area contributed by atoms with E-state index in [1.54, 1.807) is 6.08 Å². The molecule has 1 aromatic rings. The molecule has 0 aromatic heterocycles. The highest BCUT2D eigenvalue weighted by atomic mass is 32.2. The third-order valence-electron chi connectivity index (χ3n) is 2.56. The quantitative estimate of drug-likeness (QED) is 0.606. The van der Waals surface area contributed by atoms with Gasteiger partial charge in [0.05, 0.1) is 5.25 Å². The lowest BCUT2D eigenvalue weighted by molar-refractivity contribution is -0.117. The molecule has 1 amide bonds. The largest absolute Gasteiger partial charge is 0.370 e. The van der Waals surface area contributed by atoms with Gasteiger partial charge in [-0.25, -0.2) is 0 Å². The molecule has 88 valence electrons. The summed E-state index contributed by atoms with van der Waals surface area (Å²) >= 11 is 1.50. The van der Waals surface area contributed by atoms with Gasteiger partial charge in [0, 0.05) is 4.90 Å². The Morgan fingerprint density at radius 3 is 2.94 bits per heavy atom. The first-order chi connectivity index (χ1) is 8.11. The van der Waals surface area contributed by atoms with Crippen molar-refractivity contribution < 1.29 is 4.79 Å². The first-order valence-corrected chi connectivity index (χ1v) is 6.04. The smallest absolute Gasteiger partial charge is 0.262 e. The van der Waals surface area contributed by atoms with Crippen molar-refractivity contribution in [2.45, 2.75) is 16.6 Å². The Morgan fingerprint density at radius 1 is 1.53 bits per heavy atom. The Kier molecular flexibility index (Phi) is 3.19. The summed E-state index contributed by atoms with van der Waals surface area (Å²) in [6.45, 7) is 3.76. The number of hydrogen-bond acceptors (Lipinski definition) is 2. The fourth-order valence-corrected chi connectivity index (χ4v) is 3.03. The molecule has 0 saturated heterocycles. The molecule has 1 atom stereocenters. The maximum absolute atomic E-state index is 11.7. The predicted octanol–water partition coefficient (Wildman–Crippen LogP) is 1.15. The normalized spacial score (nSPS) is 17.3. The summed E-state index contributed by atoms with van der Waals surface area (Å²) in [5.74, 6) is -0.461. The average molecular weight is 247 g/mol. The molecule has 5 heteroatoms. The van der Waals surface area contributed by atoms with Crippen LogP contribution in [0.5, 0.6) is 0 Å². The number of carbonyl (C=O) groups is 1. The molecule has 0 bridgehead atoms. The number of benzene rings is 1. The molecule has 0 radical (unpaired) electrons. The first kappa shape index (κ1) is 11.7. The summed E-state index contributed by atoms with van der Waals surface area (Å²) in [7, 11) is 0. The molecule has 1 aliphatic rings. The number of amides is 1. The molecule has 1 unspecified atom stereocenters. The monoisotopic (exact) mass is 247 g/mol. The molecule has 4 nitrogen and oxygen atoms in total. The lowest BCUT2D eigenvalue weighted by Crippen LogP contribution is -2.27. The van der Waals surface area contributed by atoms with Gasteiger partial charge in [-0.05, 0) is 23.6 Å². The fourth-order valence-electron chi connectivity index (χ4n) is 1.82. The van der Waals surface area contributed by atoms with Gasteiger partial charge in [-0.1, -0.05) is 24.8 Å². The number of hydrogen-bond donors (Lipinski definition) is 2. The van der Waals surface area contributed by atoms with Crippen LogP contribution in [0.2, 0.25) is 0 Å². The van der Waals surface area contributed by atoms with E-state index < -0.39 is 0 Å². The van der Waals surface area contributed by atoms with Crippen LogP contribution in [0.25, 0.3) is 6.08 Å². The van der Waals surface area contributed by atoms with Crippen molar-refractivity contribution in [1.82, 2.24) is 0 Å². The Morgan fingerprint density at radius 2 is 2.29 bits per heavy atom. The molecule has 0 spiro atoms. The molecule has 0 saturated carbocycles. The van der Waals surface area contributed by atoms with E-state index in [2.05, 4.69) is 11.6 Å². The van der Waals surface area contributed by atoms with Crippen molar-refractivity contribution >= 4 is 29.7 Å². The van der Waals surface area contributed by atoms with Gasteiger partial charge in [-0.3, -0.25) is 4.79 Å². The van der Waals surface area contributed by atoms with Crippen LogP contribution < -0.4 is 11.5 Å². The maximum Gasteiger partial charge on any atom is 0.262 e. The minimum atomic E-state index is -0.277. The van der Waals surface area contributed by atoms with Crippen LogP contribution in [-0.4, -0.2) is 17.1 Å². The minimum absolute atomic E-state index is 0.185. The van der Waals surface area contributed by atoms with E-state index >= 15 is 0 Å². The number of rotatable bonds is 2. The molecule has 2 rings (SSSR count). The van der Waals surface area contributed by atoms with E-state index in [4.69, 9.17) is 11.5 Å². The Labute approximate surface area is 104 Å². The molecular formula is C12H13N3OS. The zero-order chi connectivity index (χ0) is 12.4. The second-order valence-corrected chi connectivity index (χ2v) is 4.96. The predicted molar refractivity (Wildman–Crippen MR) is 70.7 cm³/mol. The summed E-state index contributed by atoms with van der Waals surface area (Å²) < 4.78 is 0. The van der Waals surface area contributed by atoms with Gasteiger partial charge < -0.3 is 11.5 Å². The molecular weight excluding hydrogens is 234 g/mol. The van der Waals surface area contributed by atoms with Gasteiger partial charge in [0.2, 0.25) is 0 Å². The minimum Gasteiger partial charge on any atom is -0.370 e. The molecule has 4 N–H and O–H groups in total. The number of thioether (sulfide) groups is 1. The first-order valence-electron chi connectivity index (χ1n) is 5.16. The number of nitrogens with zero attached hydrogens (tertiary/aromatic N) is 1. The molecule has 1 aromatic carbocycles. The highest BCUT2D eigenvalue weighted by Gasteiger charge is 2.29.